The molecular weight excluding hydrogens is 266 g/mol. The maximum atomic E-state index is 11.5. The van der Waals surface area contributed by atoms with Crippen molar-refractivity contribution in [3.63, 3.8) is 0 Å². The van der Waals surface area contributed by atoms with Crippen LogP contribution in [0.1, 0.15) is 4.88 Å². The molecule has 0 bridgehead atoms. The molecule has 2 aromatic rings. The van der Waals surface area contributed by atoms with Gasteiger partial charge in [0.05, 0.1) is 4.92 Å². The molecule has 0 saturated carbocycles. The summed E-state index contributed by atoms with van der Waals surface area (Å²) in [7, 11) is 0. The molecule has 0 aliphatic rings. The number of rotatable bonds is 4. The minimum atomic E-state index is -0.526. The summed E-state index contributed by atoms with van der Waals surface area (Å²) in [4.78, 5) is 22.4. The quantitative estimate of drug-likeness (QED) is 0.282. The lowest BCUT2D eigenvalue weighted by Crippen LogP contribution is -2.03. The molecule has 0 fully saturated rings. The summed E-state index contributed by atoms with van der Waals surface area (Å²) in [5.41, 5.74) is -0.0473. The molecule has 1 aromatic heterocycles. The zero-order valence-corrected chi connectivity index (χ0v) is 10.5. The fraction of sp³-hybridized carbons (Fsp3) is 0. The van der Waals surface area contributed by atoms with Gasteiger partial charge in [0.1, 0.15) is 5.75 Å². The number of carbonyl (C=O) groups excluding carboxylic acids is 1. The number of benzene rings is 1. The predicted molar refractivity (Wildman–Crippen MR) is 72.1 cm³/mol. The Kier molecular flexibility index (Phi) is 4.04. The highest BCUT2D eigenvalue weighted by Gasteiger charge is 2.06. The Bertz CT molecular complexity index is 602. The number of thiophene rings is 1. The van der Waals surface area contributed by atoms with Gasteiger partial charge >= 0.3 is 5.97 Å². The Morgan fingerprint density at radius 2 is 2.00 bits per heavy atom. The van der Waals surface area contributed by atoms with Crippen LogP contribution >= 0.6 is 11.3 Å². The van der Waals surface area contributed by atoms with E-state index in [9.17, 15) is 14.9 Å². The molecule has 0 aliphatic carbocycles. The van der Waals surface area contributed by atoms with Crippen LogP contribution in [0.5, 0.6) is 5.75 Å². The van der Waals surface area contributed by atoms with Gasteiger partial charge in [-0.05, 0) is 29.7 Å². The van der Waals surface area contributed by atoms with E-state index in [4.69, 9.17) is 4.74 Å². The maximum Gasteiger partial charge on any atom is 0.336 e. The Labute approximate surface area is 112 Å². The van der Waals surface area contributed by atoms with Crippen LogP contribution in [0.15, 0.2) is 47.9 Å². The minimum absolute atomic E-state index is 0.0473. The van der Waals surface area contributed by atoms with Crippen molar-refractivity contribution in [1.82, 2.24) is 0 Å². The van der Waals surface area contributed by atoms with Gasteiger partial charge in [0.15, 0.2) is 0 Å². The molecular formula is C13H9NO4S. The lowest BCUT2D eigenvalue weighted by molar-refractivity contribution is -0.384. The normalized spacial score (nSPS) is 10.5. The van der Waals surface area contributed by atoms with Crippen molar-refractivity contribution in [2.24, 2.45) is 0 Å². The molecule has 1 aromatic carbocycles. The Balaban J connectivity index is 1.97. The molecule has 0 radical (unpaired) electrons. The first-order chi connectivity index (χ1) is 9.15. The molecule has 19 heavy (non-hydrogen) atoms. The number of nitro benzene ring substituents is 1. The van der Waals surface area contributed by atoms with Gasteiger partial charge in [0.2, 0.25) is 0 Å². The summed E-state index contributed by atoms with van der Waals surface area (Å²) in [5.74, 6) is -0.256. The largest absolute Gasteiger partial charge is 0.423 e. The SMILES string of the molecule is O=C(/C=C/c1cccs1)Oc1ccc([N+](=O)[O-])cc1. The first-order valence-corrected chi connectivity index (χ1v) is 6.21. The van der Waals surface area contributed by atoms with Crippen molar-refractivity contribution in [2.75, 3.05) is 0 Å². The summed E-state index contributed by atoms with van der Waals surface area (Å²) < 4.78 is 5.00. The van der Waals surface area contributed by atoms with Crippen LogP contribution in [0.4, 0.5) is 5.69 Å². The summed E-state index contributed by atoms with van der Waals surface area (Å²) >= 11 is 1.51. The molecule has 0 atom stereocenters. The third-order valence-corrected chi connectivity index (χ3v) is 3.03. The number of hydrogen-bond acceptors (Lipinski definition) is 5. The second-order valence-electron chi connectivity index (χ2n) is 3.52. The molecule has 1 heterocycles. The Morgan fingerprint density at radius 1 is 1.26 bits per heavy atom. The van der Waals surface area contributed by atoms with Gasteiger partial charge < -0.3 is 4.74 Å². The lowest BCUT2D eigenvalue weighted by Gasteiger charge is -2.00. The Morgan fingerprint density at radius 3 is 2.58 bits per heavy atom. The number of nitro groups is 1. The molecule has 0 unspecified atom stereocenters. The zero-order chi connectivity index (χ0) is 13.7. The molecule has 6 heteroatoms. The van der Waals surface area contributed by atoms with Crippen LogP contribution in [0.2, 0.25) is 0 Å². The number of nitrogens with zero attached hydrogens (tertiary/aromatic N) is 1. The minimum Gasteiger partial charge on any atom is -0.423 e. The second kappa shape index (κ2) is 5.92. The highest BCUT2D eigenvalue weighted by Crippen LogP contribution is 2.17. The van der Waals surface area contributed by atoms with Crippen molar-refractivity contribution in [1.29, 1.82) is 0 Å². The summed E-state index contributed by atoms with van der Waals surface area (Å²) in [5, 5.41) is 12.4. The van der Waals surface area contributed by atoms with E-state index in [2.05, 4.69) is 0 Å². The molecule has 0 aliphatic heterocycles. The smallest absolute Gasteiger partial charge is 0.336 e. The fourth-order valence-electron chi connectivity index (χ4n) is 1.32. The van der Waals surface area contributed by atoms with Crippen molar-refractivity contribution in [3.05, 3.63) is 62.8 Å². The average molecular weight is 275 g/mol. The monoisotopic (exact) mass is 275 g/mol. The van der Waals surface area contributed by atoms with Gasteiger partial charge in [-0.3, -0.25) is 10.1 Å². The van der Waals surface area contributed by atoms with E-state index in [0.29, 0.717) is 0 Å². The standard InChI is InChI=1S/C13H9NO4S/c15-13(8-7-12-2-1-9-19-12)18-11-5-3-10(4-6-11)14(16)17/h1-9H/b8-7+. The van der Waals surface area contributed by atoms with Crippen molar-refractivity contribution >= 4 is 29.1 Å². The molecule has 0 saturated heterocycles. The lowest BCUT2D eigenvalue weighted by atomic mass is 10.3. The van der Waals surface area contributed by atoms with E-state index in [0.717, 1.165) is 4.88 Å². The number of esters is 1. The topological polar surface area (TPSA) is 69.4 Å². The first kappa shape index (κ1) is 13.0. The van der Waals surface area contributed by atoms with Crippen molar-refractivity contribution in [3.8, 4) is 5.75 Å². The van der Waals surface area contributed by atoms with Crippen LogP contribution in [0.3, 0.4) is 0 Å². The number of non-ortho nitro benzene ring substituents is 1. The van der Waals surface area contributed by atoms with Gasteiger partial charge in [-0.25, -0.2) is 4.79 Å². The van der Waals surface area contributed by atoms with Crippen LogP contribution in [0.25, 0.3) is 6.08 Å². The van der Waals surface area contributed by atoms with E-state index in [1.165, 1.54) is 41.7 Å². The van der Waals surface area contributed by atoms with Crippen molar-refractivity contribution < 1.29 is 14.5 Å². The van der Waals surface area contributed by atoms with Gasteiger partial charge in [-0.15, -0.1) is 11.3 Å². The molecule has 0 spiro atoms. The summed E-state index contributed by atoms with van der Waals surface area (Å²) in [6.07, 6.45) is 2.96. The molecule has 0 N–H and O–H groups in total. The van der Waals surface area contributed by atoms with Gasteiger partial charge in [0.25, 0.3) is 5.69 Å². The third-order valence-electron chi connectivity index (χ3n) is 2.19. The molecule has 96 valence electrons. The average Bonchev–Trinajstić information content (AvgIpc) is 2.90. The van der Waals surface area contributed by atoms with Crippen LogP contribution in [0, 0.1) is 10.1 Å². The van der Waals surface area contributed by atoms with E-state index >= 15 is 0 Å². The summed E-state index contributed by atoms with van der Waals surface area (Å²) in [6, 6.07) is 9.09. The molecule has 2 rings (SSSR count). The van der Waals surface area contributed by atoms with Crippen LogP contribution in [-0.4, -0.2) is 10.9 Å². The molecule has 5 nitrogen and oxygen atoms in total. The predicted octanol–water partition coefficient (Wildman–Crippen LogP) is 3.28. The number of hydrogen-bond donors (Lipinski definition) is 0. The summed E-state index contributed by atoms with van der Waals surface area (Å²) in [6.45, 7) is 0. The third kappa shape index (κ3) is 3.75. The highest BCUT2D eigenvalue weighted by atomic mass is 32.1. The van der Waals surface area contributed by atoms with E-state index in [1.807, 2.05) is 17.5 Å². The van der Waals surface area contributed by atoms with Gasteiger partial charge in [-0.2, -0.15) is 0 Å². The number of carbonyl (C=O) groups is 1. The van der Waals surface area contributed by atoms with Crippen LogP contribution in [-0.2, 0) is 4.79 Å². The maximum absolute atomic E-state index is 11.5. The first-order valence-electron chi connectivity index (χ1n) is 5.33. The second-order valence-corrected chi connectivity index (χ2v) is 4.50. The van der Waals surface area contributed by atoms with Crippen molar-refractivity contribution in [2.45, 2.75) is 0 Å². The highest BCUT2D eigenvalue weighted by molar-refractivity contribution is 7.10. The zero-order valence-electron chi connectivity index (χ0n) is 9.68. The molecule has 0 amide bonds. The van der Waals surface area contributed by atoms with E-state index in [-0.39, 0.29) is 11.4 Å². The van der Waals surface area contributed by atoms with Crippen LogP contribution < -0.4 is 4.74 Å². The van der Waals surface area contributed by atoms with Gasteiger partial charge in [-0.1, -0.05) is 6.07 Å². The van der Waals surface area contributed by atoms with E-state index < -0.39 is 10.9 Å². The fourth-order valence-corrected chi connectivity index (χ4v) is 1.94. The Hall–Kier alpha value is -2.47. The number of ether oxygens (including phenoxy) is 1. The van der Waals surface area contributed by atoms with E-state index in [1.54, 1.807) is 6.08 Å². The van der Waals surface area contributed by atoms with Gasteiger partial charge in [0, 0.05) is 23.1 Å².